The molecule has 1 aromatic carbocycles. The average molecular weight is 386 g/mol. The van der Waals surface area contributed by atoms with E-state index < -0.39 is 0 Å². The lowest BCUT2D eigenvalue weighted by Gasteiger charge is -2.14. The van der Waals surface area contributed by atoms with Crippen molar-refractivity contribution in [2.45, 2.75) is 31.4 Å². The van der Waals surface area contributed by atoms with Crippen molar-refractivity contribution in [3.63, 3.8) is 0 Å². The zero-order valence-electron chi connectivity index (χ0n) is 16.2. The molecule has 0 radical (unpaired) electrons. The van der Waals surface area contributed by atoms with Gasteiger partial charge in [-0.15, -0.1) is 0 Å². The summed E-state index contributed by atoms with van der Waals surface area (Å²) in [5, 5.41) is 18.8. The summed E-state index contributed by atoms with van der Waals surface area (Å²) >= 11 is 0. The van der Waals surface area contributed by atoms with E-state index in [9.17, 15) is 5.11 Å². The van der Waals surface area contributed by atoms with Crippen LogP contribution >= 0.6 is 0 Å². The maximum atomic E-state index is 10.1. The first-order chi connectivity index (χ1) is 14.2. The van der Waals surface area contributed by atoms with Gasteiger partial charge in [0.1, 0.15) is 0 Å². The summed E-state index contributed by atoms with van der Waals surface area (Å²) < 4.78 is 3.66. The highest BCUT2D eigenvalue weighted by atomic mass is 16.3. The predicted molar refractivity (Wildman–Crippen MR) is 110 cm³/mol. The Kier molecular flexibility index (Phi) is 4.44. The Morgan fingerprint density at radius 1 is 0.862 bits per heavy atom. The van der Waals surface area contributed by atoms with Gasteiger partial charge in [-0.05, 0) is 30.9 Å². The highest BCUT2D eigenvalue weighted by Gasteiger charge is 2.27. The number of benzene rings is 1. The van der Waals surface area contributed by atoms with Crippen LogP contribution in [0.4, 0.5) is 0 Å². The van der Waals surface area contributed by atoms with Gasteiger partial charge in [0.05, 0.1) is 24.5 Å². The maximum absolute atomic E-state index is 10.1. The Bertz CT molecular complexity index is 1130. The Hall–Kier alpha value is -3.32. The lowest BCUT2D eigenvalue weighted by molar-refractivity contribution is 0.130. The summed E-state index contributed by atoms with van der Waals surface area (Å²) in [5.74, 6) is 0.679. The van der Waals surface area contributed by atoms with E-state index in [1.807, 2.05) is 61.0 Å². The van der Waals surface area contributed by atoms with E-state index in [4.69, 9.17) is 0 Å². The fraction of sp³-hybridized carbons (Fsp3) is 0.273. The number of hydrogen-bond acceptors (Lipinski definition) is 5. The molecule has 1 N–H and O–H groups in total. The van der Waals surface area contributed by atoms with E-state index >= 15 is 0 Å². The standard InChI is InChI=1S/C22H22N6O/c1-27-13-18(11-25-27)15-4-2-5-16(8-15)22-23-9-17(10-24-22)19-12-26-28(14-19)20-6-3-7-21(20)29/h2,4-5,8-14,20-21,29H,3,6-7H2,1H3. The fourth-order valence-corrected chi connectivity index (χ4v) is 3.93. The smallest absolute Gasteiger partial charge is 0.159 e. The van der Waals surface area contributed by atoms with Crippen molar-refractivity contribution in [3.05, 3.63) is 61.4 Å². The number of aliphatic hydroxyl groups excluding tert-OH is 1. The van der Waals surface area contributed by atoms with E-state index in [0.717, 1.165) is 47.1 Å². The zero-order valence-corrected chi connectivity index (χ0v) is 16.2. The van der Waals surface area contributed by atoms with Crippen molar-refractivity contribution in [2.75, 3.05) is 0 Å². The third-order valence-electron chi connectivity index (χ3n) is 5.53. The van der Waals surface area contributed by atoms with Crippen LogP contribution in [0.15, 0.2) is 61.4 Å². The molecule has 0 bridgehead atoms. The largest absolute Gasteiger partial charge is 0.391 e. The van der Waals surface area contributed by atoms with Crippen LogP contribution in [-0.2, 0) is 7.05 Å². The van der Waals surface area contributed by atoms with E-state index in [0.29, 0.717) is 5.82 Å². The molecule has 1 saturated carbocycles. The van der Waals surface area contributed by atoms with Gasteiger partial charge in [0.2, 0.25) is 0 Å². The summed E-state index contributed by atoms with van der Waals surface area (Å²) in [5.41, 5.74) is 4.98. The molecule has 29 heavy (non-hydrogen) atoms. The molecule has 0 amide bonds. The number of nitrogens with zero attached hydrogens (tertiary/aromatic N) is 6. The Labute approximate surface area is 168 Å². The van der Waals surface area contributed by atoms with Crippen molar-refractivity contribution >= 4 is 0 Å². The van der Waals surface area contributed by atoms with Crippen LogP contribution in [0, 0.1) is 0 Å². The predicted octanol–water partition coefficient (Wildman–Crippen LogP) is 3.49. The van der Waals surface area contributed by atoms with Crippen LogP contribution in [0.1, 0.15) is 25.3 Å². The number of aliphatic hydroxyl groups is 1. The molecule has 0 spiro atoms. The number of aromatic nitrogens is 6. The summed E-state index contributed by atoms with van der Waals surface area (Å²) in [4.78, 5) is 9.14. The van der Waals surface area contributed by atoms with Gasteiger partial charge < -0.3 is 5.11 Å². The van der Waals surface area contributed by atoms with Gasteiger partial charge in [0.25, 0.3) is 0 Å². The van der Waals surface area contributed by atoms with Crippen LogP contribution in [0.25, 0.3) is 33.6 Å². The van der Waals surface area contributed by atoms with Crippen molar-refractivity contribution < 1.29 is 5.11 Å². The van der Waals surface area contributed by atoms with E-state index in [1.54, 1.807) is 4.68 Å². The second-order valence-electron chi connectivity index (χ2n) is 7.55. The average Bonchev–Trinajstić information content (AvgIpc) is 3.49. The van der Waals surface area contributed by atoms with Gasteiger partial charge in [0, 0.05) is 54.1 Å². The third kappa shape index (κ3) is 3.45. The highest BCUT2D eigenvalue weighted by molar-refractivity contribution is 5.70. The molecule has 0 aliphatic heterocycles. The van der Waals surface area contributed by atoms with Crippen molar-refractivity contribution in [1.82, 2.24) is 29.5 Å². The minimum atomic E-state index is -0.312. The SMILES string of the molecule is Cn1cc(-c2cccc(-c3ncc(-c4cnn(C5CCCC5O)c4)cn3)c2)cn1. The van der Waals surface area contributed by atoms with E-state index in [1.165, 1.54) is 0 Å². The van der Waals surface area contributed by atoms with Crippen LogP contribution in [-0.4, -0.2) is 40.7 Å². The molecule has 2 atom stereocenters. The van der Waals surface area contributed by atoms with Crippen LogP contribution < -0.4 is 0 Å². The van der Waals surface area contributed by atoms with Gasteiger partial charge in [0.15, 0.2) is 5.82 Å². The Balaban J connectivity index is 1.39. The minimum absolute atomic E-state index is 0.0687. The molecule has 1 fully saturated rings. The molecular weight excluding hydrogens is 364 g/mol. The molecule has 3 heterocycles. The molecule has 146 valence electrons. The zero-order chi connectivity index (χ0) is 19.8. The first kappa shape index (κ1) is 17.8. The third-order valence-corrected chi connectivity index (χ3v) is 5.53. The molecule has 1 aliphatic rings. The Morgan fingerprint density at radius 2 is 1.62 bits per heavy atom. The van der Waals surface area contributed by atoms with Gasteiger partial charge in [-0.25, -0.2) is 9.97 Å². The van der Waals surface area contributed by atoms with E-state index in [-0.39, 0.29) is 12.1 Å². The van der Waals surface area contributed by atoms with Gasteiger partial charge in [-0.2, -0.15) is 10.2 Å². The van der Waals surface area contributed by atoms with Gasteiger partial charge in [-0.1, -0.05) is 18.2 Å². The van der Waals surface area contributed by atoms with Gasteiger partial charge >= 0.3 is 0 Å². The van der Waals surface area contributed by atoms with Gasteiger partial charge in [-0.3, -0.25) is 9.36 Å². The molecule has 1 aliphatic carbocycles. The summed E-state index contributed by atoms with van der Waals surface area (Å²) in [7, 11) is 1.91. The molecule has 0 saturated heterocycles. The van der Waals surface area contributed by atoms with Crippen molar-refractivity contribution in [1.29, 1.82) is 0 Å². The summed E-state index contributed by atoms with van der Waals surface area (Å²) in [6.45, 7) is 0. The minimum Gasteiger partial charge on any atom is -0.391 e. The van der Waals surface area contributed by atoms with Crippen LogP contribution in [0.2, 0.25) is 0 Å². The monoisotopic (exact) mass is 386 g/mol. The summed E-state index contributed by atoms with van der Waals surface area (Å²) in [6.07, 6.45) is 13.8. The molecule has 2 unspecified atom stereocenters. The Morgan fingerprint density at radius 3 is 2.34 bits per heavy atom. The van der Waals surface area contributed by atoms with Crippen LogP contribution in [0.5, 0.6) is 0 Å². The molecule has 7 heteroatoms. The fourth-order valence-electron chi connectivity index (χ4n) is 3.93. The highest BCUT2D eigenvalue weighted by Crippen LogP contribution is 2.31. The second kappa shape index (κ2) is 7.25. The molecular formula is C22H22N6O. The normalized spacial score (nSPS) is 19.0. The quantitative estimate of drug-likeness (QED) is 0.581. The first-order valence-corrected chi connectivity index (χ1v) is 9.81. The first-order valence-electron chi connectivity index (χ1n) is 9.81. The van der Waals surface area contributed by atoms with Crippen LogP contribution in [0.3, 0.4) is 0 Å². The number of hydrogen-bond donors (Lipinski definition) is 1. The lowest BCUT2D eigenvalue weighted by Crippen LogP contribution is -2.18. The molecule has 5 rings (SSSR count). The lowest BCUT2D eigenvalue weighted by atomic mass is 10.1. The van der Waals surface area contributed by atoms with E-state index in [2.05, 4.69) is 32.3 Å². The molecule has 7 nitrogen and oxygen atoms in total. The maximum Gasteiger partial charge on any atom is 0.159 e. The number of aryl methyl sites for hydroxylation is 1. The molecule has 3 aromatic heterocycles. The van der Waals surface area contributed by atoms with Crippen molar-refractivity contribution in [2.24, 2.45) is 7.05 Å². The topological polar surface area (TPSA) is 81.7 Å². The second-order valence-corrected chi connectivity index (χ2v) is 7.55. The van der Waals surface area contributed by atoms with Crippen molar-refractivity contribution in [3.8, 4) is 33.6 Å². The molecule has 4 aromatic rings. The number of rotatable bonds is 4. The summed E-state index contributed by atoms with van der Waals surface area (Å²) in [6, 6.07) is 8.21.